The average Bonchev–Trinajstić information content (AvgIpc) is 3.07. The summed E-state index contributed by atoms with van der Waals surface area (Å²) >= 11 is 6.22. The number of aryl methyl sites for hydroxylation is 1. The van der Waals surface area contributed by atoms with Gasteiger partial charge in [-0.2, -0.15) is 5.10 Å². The Balaban J connectivity index is 1.56. The van der Waals surface area contributed by atoms with Gasteiger partial charge in [0, 0.05) is 31.4 Å². The van der Waals surface area contributed by atoms with Gasteiger partial charge in [-0.3, -0.25) is 9.48 Å². The largest absolute Gasteiger partial charge is 0.486 e. The molecule has 0 spiro atoms. The zero-order chi connectivity index (χ0) is 20.5. The summed E-state index contributed by atoms with van der Waals surface area (Å²) < 4.78 is 39.8. The van der Waals surface area contributed by atoms with Gasteiger partial charge < -0.3 is 14.8 Å². The molecule has 0 saturated heterocycles. The van der Waals surface area contributed by atoms with Crippen molar-refractivity contribution in [3.8, 4) is 22.8 Å². The van der Waals surface area contributed by atoms with Crippen LogP contribution in [0.2, 0.25) is 5.02 Å². The molecule has 0 fully saturated rings. The second-order valence-electron chi connectivity index (χ2n) is 6.47. The summed E-state index contributed by atoms with van der Waals surface area (Å²) in [7, 11) is 1.61. The van der Waals surface area contributed by atoms with Crippen LogP contribution in [0.1, 0.15) is 15.9 Å². The Bertz CT molecular complexity index is 1100. The van der Waals surface area contributed by atoms with Gasteiger partial charge in [0.15, 0.2) is 11.5 Å². The third-order valence-electron chi connectivity index (χ3n) is 4.37. The van der Waals surface area contributed by atoms with Crippen LogP contribution >= 0.6 is 11.6 Å². The van der Waals surface area contributed by atoms with Crippen molar-refractivity contribution in [3.05, 3.63) is 64.3 Å². The standard InChI is InChI=1S/C20H16ClF2N3O3/c1-26-10-14(18(25-26)13-3-2-12(22)8-16(13)23)20(27)24-9-11-6-15(21)19-17(7-11)28-4-5-29-19/h2-3,6-8,10H,4-5,9H2,1H3,(H,24,27). The van der Waals surface area contributed by atoms with Crippen molar-refractivity contribution in [1.82, 2.24) is 15.1 Å². The predicted molar refractivity (Wildman–Crippen MR) is 102 cm³/mol. The maximum absolute atomic E-state index is 14.2. The van der Waals surface area contributed by atoms with Crippen LogP contribution in [0, 0.1) is 11.6 Å². The summed E-state index contributed by atoms with van der Waals surface area (Å²) in [5, 5.41) is 7.31. The number of hydrogen-bond donors (Lipinski definition) is 1. The molecular formula is C20H16ClF2N3O3. The molecule has 1 amide bonds. The molecule has 150 valence electrons. The summed E-state index contributed by atoms with van der Waals surface area (Å²) in [5.74, 6) is -0.958. The number of carbonyl (C=O) groups excluding carboxylic acids is 1. The Morgan fingerprint density at radius 2 is 2.03 bits per heavy atom. The highest BCUT2D eigenvalue weighted by atomic mass is 35.5. The fourth-order valence-electron chi connectivity index (χ4n) is 3.08. The molecular weight excluding hydrogens is 404 g/mol. The first-order valence-corrected chi connectivity index (χ1v) is 9.15. The predicted octanol–water partition coefficient (Wildman–Crippen LogP) is 3.72. The van der Waals surface area contributed by atoms with Crippen molar-refractivity contribution in [1.29, 1.82) is 0 Å². The van der Waals surface area contributed by atoms with E-state index in [4.69, 9.17) is 21.1 Å². The third kappa shape index (κ3) is 3.88. The fourth-order valence-corrected chi connectivity index (χ4v) is 3.37. The average molecular weight is 420 g/mol. The zero-order valence-corrected chi connectivity index (χ0v) is 16.1. The van der Waals surface area contributed by atoms with E-state index in [0.717, 1.165) is 12.1 Å². The van der Waals surface area contributed by atoms with Gasteiger partial charge in [-0.15, -0.1) is 0 Å². The number of benzene rings is 2. The first-order chi connectivity index (χ1) is 13.9. The highest BCUT2D eigenvalue weighted by Crippen LogP contribution is 2.38. The first-order valence-electron chi connectivity index (χ1n) is 8.77. The van der Waals surface area contributed by atoms with Crippen molar-refractivity contribution in [2.45, 2.75) is 6.54 Å². The maximum Gasteiger partial charge on any atom is 0.255 e. The second kappa shape index (κ2) is 7.71. The molecule has 1 aliphatic rings. The molecule has 1 N–H and O–H groups in total. The molecule has 0 aliphatic carbocycles. The number of nitrogens with zero attached hydrogens (tertiary/aromatic N) is 2. The minimum absolute atomic E-state index is 0.0412. The lowest BCUT2D eigenvalue weighted by Crippen LogP contribution is -2.23. The Morgan fingerprint density at radius 1 is 1.24 bits per heavy atom. The summed E-state index contributed by atoms with van der Waals surface area (Å²) in [6.45, 7) is 1.00. The topological polar surface area (TPSA) is 65.4 Å². The first kappa shape index (κ1) is 19.2. The number of carbonyl (C=O) groups is 1. The lowest BCUT2D eigenvalue weighted by molar-refractivity contribution is 0.0951. The minimum Gasteiger partial charge on any atom is -0.486 e. The summed E-state index contributed by atoms with van der Waals surface area (Å²) in [4.78, 5) is 12.7. The molecule has 0 bridgehead atoms. The quantitative estimate of drug-likeness (QED) is 0.700. The van der Waals surface area contributed by atoms with Gasteiger partial charge in [0.1, 0.15) is 30.5 Å². The zero-order valence-electron chi connectivity index (χ0n) is 15.3. The van der Waals surface area contributed by atoms with Crippen LogP contribution in [0.15, 0.2) is 36.5 Å². The van der Waals surface area contributed by atoms with Gasteiger partial charge in [0.05, 0.1) is 10.6 Å². The lowest BCUT2D eigenvalue weighted by Gasteiger charge is -2.20. The molecule has 29 heavy (non-hydrogen) atoms. The third-order valence-corrected chi connectivity index (χ3v) is 4.65. The molecule has 0 radical (unpaired) electrons. The van der Waals surface area contributed by atoms with E-state index in [1.165, 1.54) is 16.9 Å². The molecule has 2 aromatic carbocycles. The van der Waals surface area contributed by atoms with E-state index in [9.17, 15) is 13.6 Å². The SMILES string of the molecule is Cn1cc(C(=O)NCc2cc(Cl)c3c(c2)OCCO3)c(-c2ccc(F)cc2F)n1. The highest BCUT2D eigenvalue weighted by Gasteiger charge is 2.21. The monoisotopic (exact) mass is 419 g/mol. The van der Waals surface area contributed by atoms with Crippen molar-refractivity contribution in [2.24, 2.45) is 7.05 Å². The van der Waals surface area contributed by atoms with E-state index in [1.807, 2.05) is 0 Å². The molecule has 1 aromatic heterocycles. The number of ether oxygens (including phenoxy) is 2. The molecule has 3 aromatic rings. The number of rotatable bonds is 4. The maximum atomic E-state index is 14.2. The van der Waals surface area contributed by atoms with Crippen LogP contribution in [0.4, 0.5) is 8.78 Å². The minimum atomic E-state index is -0.795. The molecule has 4 rings (SSSR count). The summed E-state index contributed by atoms with van der Waals surface area (Å²) in [6, 6.07) is 6.54. The number of nitrogens with one attached hydrogen (secondary N) is 1. The van der Waals surface area contributed by atoms with E-state index in [2.05, 4.69) is 10.4 Å². The van der Waals surface area contributed by atoms with Gasteiger partial charge in [-0.1, -0.05) is 11.6 Å². The molecule has 9 heteroatoms. The number of hydrogen-bond acceptors (Lipinski definition) is 4. The van der Waals surface area contributed by atoms with E-state index < -0.39 is 17.5 Å². The Hall–Kier alpha value is -3.13. The van der Waals surface area contributed by atoms with Gasteiger partial charge in [-0.05, 0) is 29.8 Å². The van der Waals surface area contributed by atoms with Gasteiger partial charge in [-0.25, -0.2) is 8.78 Å². The molecule has 0 saturated carbocycles. The van der Waals surface area contributed by atoms with Crippen LogP contribution in [0.25, 0.3) is 11.3 Å². The van der Waals surface area contributed by atoms with Crippen LogP contribution in [-0.2, 0) is 13.6 Å². The highest BCUT2D eigenvalue weighted by molar-refractivity contribution is 6.32. The van der Waals surface area contributed by atoms with Crippen LogP contribution in [-0.4, -0.2) is 28.9 Å². The fraction of sp³-hybridized carbons (Fsp3) is 0.200. The molecule has 2 heterocycles. The van der Waals surface area contributed by atoms with E-state index in [0.29, 0.717) is 35.3 Å². The Kier molecular flexibility index (Phi) is 5.10. The second-order valence-corrected chi connectivity index (χ2v) is 6.88. The van der Waals surface area contributed by atoms with Crippen molar-refractivity contribution >= 4 is 17.5 Å². The van der Waals surface area contributed by atoms with Gasteiger partial charge in [0.2, 0.25) is 0 Å². The number of aromatic nitrogens is 2. The number of fused-ring (bicyclic) bond motifs is 1. The molecule has 6 nitrogen and oxygen atoms in total. The van der Waals surface area contributed by atoms with Crippen LogP contribution < -0.4 is 14.8 Å². The number of amides is 1. The van der Waals surface area contributed by atoms with E-state index >= 15 is 0 Å². The Labute approximate surface area is 170 Å². The van der Waals surface area contributed by atoms with Gasteiger partial charge >= 0.3 is 0 Å². The van der Waals surface area contributed by atoms with Crippen molar-refractivity contribution in [2.75, 3.05) is 13.2 Å². The van der Waals surface area contributed by atoms with Crippen molar-refractivity contribution < 1.29 is 23.0 Å². The summed E-state index contributed by atoms with van der Waals surface area (Å²) in [6.07, 6.45) is 1.48. The van der Waals surface area contributed by atoms with Crippen molar-refractivity contribution in [3.63, 3.8) is 0 Å². The summed E-state index contributed by atoms with van der Waals surface area (Å²) in [5.41, 5.74) is 1.05. The van der Waals surface area contributed by atoms with Crippen LogP contribution in [0.3, 0.4) is 0 Å². The molecule has 0 atom stereocenters. The smallest absolute Gasteiger partial charge is 0.255 e. The van der Waals surface area contributed by atoms with E-state index in [-0.39, 0.29) is 23.4 Å². The van der Waals surface area contributed by atoms with Crippen LogP contribution in [0.5, 0.6) is 11.5 Å². The molecule has 1 aliphatic heterocycles. The molecule has 0 unspecified atom stereocenters. The lowest BCUT2D eigenvalue weighted by atomic mass is 10.1. The Morgan fingerprint density at radius 3 is 2.83 bits per heavy atom. The normalized spacial score (nSPS) is 12.7. The van der Waals surface area contributed by atoms with E-state index in [1.54, 1.807) is 19.2 Å². The van der Waals surface area contributed by atoms with Gasteiger partial charge in [0.25, 0.3) is 5.91 Å². The number of halogens is 3.